The van der Waals surface area contributed by atoms with Crippen molar-refractivity contribution < 1.29 is 19.4 Å². The van der Waals surface area contributed by atoms with E-state index in [1.54, 1.807) is 13.0 Å². The van der Waals surface area contributed by atoms with Crippen molar-refractivity contribution in [2.24, 2.45) is 0 Å². The summed E-state index contributed by atoms with van der Waals surface area (Å²) in [5, 5.41) is 8.86. The van der Waals surface area contributed by atoms with Crippen LogP contribution in [0.15, 0.2) is 18.2 Å². The van der Waals surface area contributed by atoms with E-state index < -0.39 is 5.97 Å². The zero-order valence-corrected chi connectivity index (χ0v) is 10.3. The second kappa shape index (κ2) is 6.45. The van der Waals surface area contributed by atoms with E-state index in [1.165, 1.54) is 12.1 Å². The fraction of sp³-hybridized carbons (Fsp3) is 0.286. The second-order valence-corrected chi connectivity index (χ2v) is 3.62. The van der Waals surface area contributed by atoms with Gasteiger partial charge in [0.2, 0.25) is 0 Å². The maximum Gasteiger partial charge on any atom is 0.335 e. The first-order chi connectivity index (χ1) is 8.54. The van der Waals surface area contributed by atoms with Crippen LogP contribution >= 0.6 is 0 Å². The zero-order valence-electron chi connectivity index (χ0n) is 10.3. The first kappa shape index (κ1) is 13.8. The van der Waals surface area contributed by atoms with E-state index in [0.29, 0.717) is 12.2 Å². The summed E-state index contributed by atoms with van der Waals surface area (Å²) in [5.74, 6) is 4.08. The molecule has 1 rings (SSSR count). The molecule has 4 heteroatoms. The van der Waals surface area contributed by atoms with Gasteiger partial charge in [0.25, 0.3) is 0 Å². The highest BCUT2D eigenvalue weighted by Gasteiger charge is 2.04. The first-order valence-electron chi connectivity index (χ1n) is 5.53. The van der Waals surface area contributed by atoms with Gasteiger partial charge in [-0.3, -0.25) is 4.79 Å². The highest BCUT2D eigenvalue weighted by atomic mass is 16.5. The van der Waals surface area contributed by atoms with Gasteiger partial charge in [0.1, 0.15) is 6.42 Å². The molecule has 0 spiro atoms. The Morgan fingerprint density at radius 3 is 2.72 bits per heavy atom. The van der Waals surface area contributed by atoms with Gasteiger partial charge < -0.3 is 9.84 Å². The van der Waals surface area contributed by atoms with E-state index >= 15 is 0 Å². The topological polar surface area (TPSA) is 63.6 Å². The van der Waals surface area contributed by atoms with Crippen LogP contribution in [0.4, 0.5) is 0 Å². The molecular weight excluding hydrogens is 232 g/mol. The van der Waals surface area contributed by atoms with Crippen molar-refractivity contribution >= 4 is 11.9 Å². The molecule has 0 aromatic heterocycles. The van der Waals surface area contributed by atoms with Crippen molar-refractivity contribution in [2.45, 2.75) is 20.3 Å². The number of aromatic carboxylic acids is 1. The number of hydrogen-bond donors (Lipinski definition) is 1. The molecule has 0 fully saturated rings. The van der Waals surface area contributed by atoms with Gasteiger partial charge in [0.15, 0.2) is 0 Å². The van der Waals surface area contributed by atoms with Crippen LogP contribution in [-0.4, -0.2) is 23.7 Å². The highest BCUT2D eigenvalue weighted by Crippen LogP contribution is 2.10. The largest absolute Gasteiger partial charge is 0.478 e. The van der Waals surface area contributed by atoms with Crippen molar-refractivity contribution in [3.05, 3.63) is 34.9 Å². The lowest BCUT2D eigenvalue weighted by Crippen LogP contribution is -2.01. The molecule has 4 nitrogen and oxygen atoms in total. The molecule has 0 bridgehead atoms. The van der Waals surface area contributed by atoms with E-state index in [9.17, 15) is 9.59 Å². The predicted molar refractivity (Wildman–Crippen MR) is 66.3 cm³/mol. The zero-order chi connectivity index (χ0) is 13.5. The fourth-order valence-electron chi connectivity index (χ4n) is 1.31. The van der Waals surface area contributed by atoms with E-state index in [-0.39, 0.29) is 18.0 Å². The van der Waals surface area contributed by atoms with E-state index in [4.69, 9.17) is 9.84 Å². The summed E-state index contributed by atoms with van der Waals surface area (Å²) >= 11 is 0. The van der Waals surface area contributed by atoms with Crippen LogP contribution < -0.4 is 0 Å². The monoisotopic (exact) mass is 246 g/mol. The average molecular weight is 246 g/mol. The van der Waals surface area contributed by atoms with Crippen LogP contribution in [0, 0.1) is 18.8 Å². The number of rotatable bonds is 3. The smallest absolute Gasteiger partial charge is 0.335 e. The number of benzene rings is 1. The van der Waals surface area contributed by atoms with Gasteiger partial charge in [-0.1, -0.05) is 17.9 Å². The molecule has 0 aliphatic carbocycles. The molecule has 0 radical (unpaired) electrons. The molecule has 0 aliphatic rings. The Morgan fingerprint density at radius 2 is 2.11 bits per heavy atom. The molecule has 0 aliphatic heterocycles. The molecule has 0 amide bonds. The van der Waals surface area contributed by atoms with E-state index in [1.807, 2.05) is 6.92 Å². The molecule has 0 heterocycles. The highest BCUT2D eigenvalue weighted by molar-refractivity contribution is 5.88. The Labute approximate surface area is 106 Å². The van der Waals surface area contributed by atoms with Gasteiger partial charge in [0, 0.05) is 5.56 Å². The Kier molecular flexibility index (Phi) is 4.94. The predicted octanol–water partition coefficient (Wildman–Crippen LogP) is 2.00. The van der Waals surface area contributed by atoms with Crippen molar-refractivity contribution in [3.63, 3.8) is 0 Å². The molecule has 0 unspecified atom stereocenters. The summed E-state index contributed by atoms with van der Waals surface area (Å²) in [6.07, 6.45) is 0.00454. The number of hydrogen-bond acceptors (Lipinski definition) is 3. The van der Waals surface area contributed by atoms with Gasteiger partial charge in [-0.15, -0.1) is 0 Å². The number of esters is 1. The lowest BCUT2D eigenvalue weighted by atomic mass is 10.1. The number of carboxylic acid groups (broad SMARTS) is 1. The molecule has 0 atom stereocenters. The molecule has 94 valence electrons. The fourth-order valence-corrected chi connectivity index (χ4v) is 1.31. The van der Waals surface area contributed by atoms with Crippen LogP contribution in [0.3, 0.4) is 0 Å². The van der Waals surface area contributed by atoms with Gasteiger partial charge in [0.05, 0.1) is 12.2 Å². The minimum Gasteiger partial charge on any atom is -0.478 e. The summed E-state index contributed by atoms with van der Waals surface area (Å²) in [7, 11) is 0. The van der Waals surface area contributed by atoms with Gasteiger partial charge >= 0.3 is 11.9 Å². The summed E-state index contributed by atoms with van der Waals surface area (Å²) in [5.41, 5.74) is 1.66. The Hall–Kier alpha value is -2.28. The molecular formula is C14H14O4. The van der Waals surface area contributed by atoms with Gasteiger partial charge in [-0.05, 0) is 31.5 Å². The second-order valence-electron chi connectivity index (χ2n) is 3.62. The SMILES string of the molecule is CCOC(=O)CC#Cc1cc(C(=O)O)ccc1C. The summed E-state index contributed by atoms with van der Waals surface area (Å²) in [6.45, 7) is 3.89. The third-order valence-corrected chi connectivity index (χ3v) is 2.25. The number of ether oxygens (including phenoxy) is 1. The van der Waals surface area contributed by atoms with Crippen LogP contribution in [0.25, 0.3) is 0 Å². The van der Waals surface area contributed by atoms with Crippen LogP contribution in [0.1, 0.15) is 34.8 Å². The Bertz CT molecular complexity index is 520. The van der Waals surface area contributed by atoms with Gasteiger partial charge in [-0.2, -0.15) is 0 Å². The van der Waals surface area contributed by atoms with Crippen LogP contribution in [-0.2, 0) is 9.53 Å². The standard InChI is InChI=1S/C14H14O4/c1-3-18-13(15)6-4-5-11-9-12(14(16)17)8-7-10(11)2/h7-9H,3,6H2,1-2H3,(H,16,17). The Morgan fingerprint density at radius 1 is 1.39 bits per heavy atom. The van der Waals surface area contributed by atoms with Crippen molar-refractivity contribution in [1.29, 1.82) is 0 Å². The van der Waals surface area contributed by atoms with Crippen molar-refractivity contribution in [3.8, 4) is 11.8 Å². The van der Waals surface area contributed by atoms with Crippen LogP contribution in [0.2, 0.25) is 0 Å². The minimum absolute atomic E-state index is 0.00454. The minimum atomic E-state index is -0.997. The normalized spacial score (nSPS) is 9.22. The van der Waals surface area contributed by atoms with E-state index in [2.05, 4.69) is 11.8 Å². The summed E-state index contributed by atoms with van der Waals surface area (Å²) < 4.78 is 4.74. The number of carboxylic acids is 1. The molecule has 0 saturated carbocycles. The van der Waals surface area contributed by atoms with Gasteiger partial charge in [-0.25, -0.2) is 4.79 Å². The average Bonchev–Trinajstić information content (AvgIpc) is 2.31. The molecule has 0 saturated heterocycles. The lowest BCUT2D eigenvalue weighted by Gasteiger charge is -2.00. The Balaban J connectivity index is 2.84. The third-order valence-electron chi connectivity index (χ3n) is 2.25. The maximum atomic E-state index is 11.1. The molecule has 1 aromatic carbocycles. The molecule has 1 aromatic rings. The summed E-state index contributed by atoms with van der Waals surface area (Å²) in [6, 6.07) is 4.71. The maximum absolute atomic E-state index is 11.1. The lowest BCUT2D eigenvalue weighted by molar-refractivity contribution is -0.141. The number of carbonyl (C=O) groups is 2. The summed E-state index contributed by atoms with van der Waals surface area (Å²) in [4.78, 5) is 21.9. The van der Waals surface area contributed by atoms with Crippen molar-refractivity contribution in [1.82, 2.24) is 0 Å². The number of carbonyl (C=O) groups excluding carboxylic acids is 1. The number of aryl methyl sites for hydroxylation is 1. The first-order valence-corrected chi connectivity index (χ1v) is 5.53. The third kappa shape index (κ3) is 3.95. The van der Waals surface area contributed by atoms with E-state index in [0.717, 1.165) is 5.56 Å². The van der Waals surface area contributed by atoms with Crippen LogP contribution in [0.5, 0.6) is 0 Å². The quantitative estimate of drug-likeness (QED) is 0.654. The molecule has 1 N–H and O–H groups in total. The van der Waals surface area contributed by atoms with Crippen molar-refractivity contribution in [2.75, 3.05) is 6.61 Å². The molecule has 18 heavy (non-hydrogen) atoms.